The molecule has 1 aromatic heterocycles. The van der Waals surface area contributed by atoms with Crippen LogP contribution in [0.3, 0.4) is 0 Å². The lowest BCUT2D eigenvalue weighted by atomic mass is 10.2. The van der Waals surface area contributed by atoms with Crippen LogP contribution in [-0.2, 0) is 19.0 Å². The molecule has 120 valence electrons. The van der Waals surface area contributed by atoms with Crippen molar-refractivity contribution in [2.75, 3.05) is 26.4 Å². The van der Waals surface area contributed by atoms with E-state index in [4.69, 9.17) is 0 Å². The van der Waals surface area contributed by atoms with E-state index in [1.165, 1.54) is 5.56 Å². The van der Waals surface area contributed by atoms with Crippen LogP contribution in [0.15, 0.2) is 36.5 Å². The highest BCUT2D eigenvalue weighted by Gasteiger charge is 2.01. The summed E-state index contributed by atoms with van der Waals surface area (Å²) in [7, 11) is 7.87. The highest BCUT2D eigenvalue weighted by atomic mass is 33.1. The summed E-state index contributed by atoms with van der Waals surface area (Å²) in [5.41, 5.74) is 2.26. The second-order valence-electron chi connectivity index (χ2n) is 5.21. The molecule has 2 aromatic rings. The molecule has 0 aliphatic carbocycles. The highest BCUT2D eigenvalue weighted by Crippen LogP contribution is 2.22. The van der Waals surface area contributed by atoms with Gasteiger partial charge in [-0.2, -0.15) is 0 Å². The lowest BCUT2D eigenvalue weighted by molar-refractivity contribution is 0.438. The van der Waals surface area contributed by atoms with Crippen LogP contribution in [-0.4, -0.2) is 46.3 Å². The van der Waals surface area contributed by atoms with Gasteiger partial charge in [-0.3, -0.25) is 0 Å². The van der Waals surface area contributed by atoms with Crippen LogP contribution in [0, 0.1) is 0 Å². The molecule has 0 unspecified atom stereocenters. The van der Waals surface area contributed by atoms with Crippen LogP contribution < -0.4 is 5.32 Å². The van der Waals surface area contributed by atoms with Gasteiger partial charge in [0.1, 0.15) is 0 Å². The van der Waals surface area contributed by atoms with E-state index < -0.39 is 0 Å². The zero-order valence-corrected chi connectivity index (χ0v) is 14.7. The maximum Gasteiger partial charge on any atom is 0.0983 e. The molecule has 0 aliphatic heterocycles. The number of nitrogens with zero attached hydrogens (tertiary/aromatic N) is 4. The average Bonchev–Trinajstić information content (AvgIpc) is 2.95. The molecule has 0 aliphatic rings. The topological polar surface area (TPSA) is 46.0 Å². The van der Waals surface area contributed by atoms with Crippen LogP contribution >= 0.6 is 21.6 Å². The lowest BCUT2D eigenvalue weighted by Crippen LogP contribution is -2.14. The van der Waals surface area contributed by atoms with Crippen molar-refractivity contribution in [1.29, 1.82) is 0 Å². The van der Waals surface area contributed by atoms with E-state index in [-0.39, 0.29) is 0 Å². The average molecular weight is 338 g/mol. The minimum atomic E-state index is 0.743. The van der Waals surface area contributed by atoms with Gasteiger partial charge in [-0.1, -0.05) is 57.1 Å². The van der Waals surface area contributed by atoms with Crippen LogP contribution in [0.25, 0.3) is 0 Å². The van der Waals surface area contributed by atoms with E-state index in [0.29, 0.717) is 0 Å². The first-order chi connectivity index (χ1) is 10.7. The molecule has 1 N–H and O–H groups in total. The van der Waals surface area contributed by atoms with Gasteiger partial charge in [-0.25, -0.2) is 4.68 Å². The maximum atomic E-state index is 4.19. The molecule has 0 atom stereocenters. The Bertz CT molecular complexity index is 530. The Morgan fingerprint density at radius 2 is 1.95 bits per heavy atom. The summed E-state index contributed by atoms with van der Waals surface area (Å²) in [6.45, 7) is 2.69. The second kappa shape index (κ2) is 9.89. The van der Waals surface area contributed by atoms with Crippen molar-refractivity contribution in [2.45, 2.75) is 19.0 Å². The fourth-order valence-corrected chi connectivity index (χ4v) is 3.77. The summed E-state index contributed by atoms with van der Waals surface area (Å²) in [5.74, 6) is 1.96. The number of aromatic nitrogens is 3. The van der Waals surface area contributed by atoms with Crippen LogP contribution in [0.4, 0.5) is 0 Å². The summed E-state index contributed by atoms with van der Waals surface area (Å²) in [6.07, 6.45) is 2.01. The van der Waals surface area contributed by atoms with E-state index in [2.05, 4.69) is 58.9 Å². The highest BCUT2D eigenvalue weighted by molar-refractivity contribution is 8.76. The van der Waals surface area contributed by atoms with Gasteiger partial charge in [0.25, 0.3) is 0 Å². The van der Waals surface area contributed by atoms with Crippen molar-refractivity contribution in [3.05, 3.63) is 47.8 Å². The molecule has 5 nitrogen and oxygen atoms in total. The Balaban J connectivity index is 1.62. The fraction of sp³-hybridized carbons (Fsp3) is 0.467. The first-order valence-corrected chi connectivity index (χ1v) is 9.75. The Morgan fingerprint density at radius 1 is 1.14 bits per heavy atom. The third-order valence-electron chi connectivity index (χ3n) is 2.95. The van der Waals surface area contributed by atoms with E-state index in [1.54, 1.807) is 0 Å². The van der Waals surface area contributed by atoms with E-state index in [1.807, 2.05) is 38.5 Å². The summed E-state index contributed by atoms with van der Waals surface area (Å²) in [6, 6.07) is 10.4. The van der Waals surface area contributed by atoms with Crippen LogP contribution in [0.2, 0.25) is 0 Å². The summed E-state index contributed by atoms with van der Waals surface area (Å²) in [5, 5.41) is 11.7. The molecule has 22 heavy (non-hydrogen) atoms. The number of hydrogen-bond acceptors (Lipinski definition) is 6. The summed E-state index contributed by atoms with van der Waals surface area (Å²) in [4.78, 5) is 2.19. The Kier molecular flexibility index (Phi) is 7.79. The number of nitrogens with one attached hydrogen (secondary N) is 1. The van der Waals surface area contributed by atoms with Gasteiger partial charge < -0.3 is 10.2 Å². The number of benzene rings is 1. The standard InChI is InChI=1S/C15H23N5S2/c1-19(2)8-9-21-22-13-20-12-15(17-18-20)11-16-10-14-6-4-3-5-7-14/h3-7,12,16H,8-11,13H2,1-2H3. The molecule has 0 amide bonds. The minimum Gasteiger partial charge on any atom is -0.309 e. The SMILES string of the molecule is CN(C)CCSSCn1cc(CNCc2ccccc2)nn1. The third kappa shape index (κ3) is 6.83. The fourth-order valence-electron chi connectivity index (χ4n) is 1.78. The van der Waals surface area contributed by atoms with Gasteiger partial charge in [-0.15, -0.1) is 5.10 Å². The first-order valence-electron chi connectivity index (χ1n) is 7.27. The number of rotatable bonds is 10. The molecular weight excluding hydrogens is 314 g/mol. The van der Waals surface area contributed by atoms with Gasteiger partial charge >= 0.3 is 0 Å². The molecule has 0 saturated carbocycles. The molecule has 0 saturated heterocycles. The minimum absolute atomic E-state index is 0.743. The van der Waals surface area contributed by atoms with Crippen molar-refractivity contribution in [1.82, 2.24) is 25.2 Å². The van der Waals surface area contributed by atoms with Gasteiger partial charge in [0.2, 0.25) is 0 Å². The van der Waals surface area contributed by atoms with Crippen molar-refractivity contribution in [3.8, 4) is 0 Å². The monoisotopic (exact) mass is 337 g/mol. The molecule has 0 radical (unpaired) electrons. The Hall–Kier alpha value is -1.02. The van der Waals surface area contributed by atoms with E-state index in [0.717, 1.165) is 37.0 Å². The molecule has 0 fully saturated rings. The molecule has 2 rings (SSSR count). The smallest absolute Gasteiger partial charge is 0.0983 e. The van der Waals surface area contributed by atoms with Crippen LogP contribution in [0.5, 0.6) is 0 Å². The molecular formula is C15H23N5S2. The van der Waals surface area contributed by atoms with Gasteiger partial charge in [0.05, 0.1) is 17.8 Å². The largest absolute Gasteiger partial charge is 0.309 e. The van der Waals surface area contributed by atoms with Crippen molar-refractivity contribution < 1.29 is 0 Å². The maximum absolute atomic E-state index is 4.19. The molecule has 1 heterocycles. The molecule has 0 bridgehead atoms. The second-order valence-corrected chi connectivity index (χ2v) is 7.76. The summed E-state index contributed by atoms with van der Waals surface area (Å²) >= 11 is 0. The van der Waals surface area contributed by atoms with Gasteiger partial charge in [0.15, 0.2) is 0 Å². The van der Waals surface area contributed by atoms with Crippen molar-refractivity contribution >= 4 is 21.6 Å². The van der Waals surface area contributed by atoms with E-state index in [9.17, 15) is 0 Å². The van der Waals surface area contributed by atoms with E-state index >= 15 is 0 Å². The zero-order chi connectivity index (χ0) is 15.6. The zero-order valence-electron chi connectivity index (χ0n) is 13.1. The predicted molar refractivity (Wildman–Crippen MR) is 95.6 cm³/mol. The lowest BCUT2D eigenvalue weighted by Gasteiger charge is -2.07. The van der Waals surface area contributed by atoms with Crippen molar-refractivity contribution in [2.24, 2.45) is 0 Å². The van der Waals surface area contributed by atoms with Crippen molar-refractivity contribution in [3.63, 3.8) is 0 Å². The Morgan fingerprint density at radius 3 is 2.73 bits per heavy atom. The normalized spacial score (nSPS) is 11.2. The first kappa shape index (κ1) is 17.3. The van der Waals surface area contributed by atoms with Gasteiger partial charge in [0, 0.05) is 25.4 Å². The molecule has 0 spiro atoms. The number of hydrogen-bond donors (Lipinski definition) is 1. The quantitative estimate of drug-likeness (QED) is 0.531. The molecule has 1 aromatic carbocycles. The predicted octanol–water partition coefficient (Wildman–Crippen LogP) is 2.47. The molecule has 7 heteroatoms. The van der Waals surface area contributed by atoms with Crippen LogP contribution in [0.1, 0.15) is 11.3 Å². The van der Waals surface area contributed by atoms with Gasteiger partial charge in [-0.05, 0) is 19.7 Å². The third-order valence-corrected chi connectivity index (χ3v) is 5.16. The Labute approximate surface area is 140 Å². The summed E-state index contributed by atoms with van der Waals surface area (Å²) < 4.78 is 1.90.